The number of nitrogens with zero attached hydrogens (tertiary/aromatic N) is 3. The van der Waals surface area contributed by atoms with E-state index < -0.39 is 25.8 Å². The van der Waals surface area contributed by atoms with Crippen LogP contribution < -0.4 is 5.32 Å². The Hall–Kier alpha value is -1.69. The number of H-pyrrole nitrogens is 1. The van der Waals surface area contributed by atoms with Crippen LogP contribution in [-0.2, 0) is 22.6 Å². The molecule has 2 N–H and O–H groups in total. The molecule has 0 aliphatic rings. The Bertz CT molecular complexity index is 1160. The normalized spacial score (nSPS) is 13.3. The summed E-state index contributed by atoms with van der Waals surface area (Å²) in [6.45, 7) is 15.8. The monoisotopic (exact) mass is 627 g/mol. The minimum atomic E-state index is -1.12. The molecule has 0 aliphatic heterocycles. The van der Waals surface area contributed by atoms with Crippen LogP contribution >= 0.6 is 31.9 Å². The number of aromatic nitrogens is 4. The molecule has 192 valence electrons. The van der Waals surface area contributed by atoms with Gasteiger partial charge in [-0.25, -0.2) is 14.5 Å². The Morgan fingerprint density at radius 1 is 1.26 bits per heavy atom. The number of aryl methyl sites for hydroxylation is 1. The zero-order chi connectivity index (χ0) is 26.0. The number of nitrogens with one attached hydrogen (secondary N) is 2. The predicted octanol–water partition coefficient (Wildman–Crippen LogP) is 6.71. The van der Waals surface area contributed by atoms with Gasteiger partial charge in [-0.3, -0.25) is 0 Å². The number of imidazole rings is 1. The molecular formula is C24H35Br2N5O3Si. The average Bonchev–Trinajstić information content (AvgIpc) is 3.26. The van der Waals surface area contributed by atoms with Crippen LogP contribution in [0.15, 0.2) is 27.5 Å². The zero-order valence-corrected chi connectivity index (χ0v) is 25.6. The van der Waals surface area contributed by atoms with Gasteiger partial charge in [0.2, 0.25) is 0 Å². The van der Waals surface area contributed by atoms with Crippen LogP contribution in [0.4, 0.5) is 4.79 Å². The van der Waals surface area contributed by atoms with E-state index in [4.69, 9.17) is 14.6 Å². The van der Waals surface area contributed by atoms with Crippen molar-refractivity contribution in [1.82, 2.24) is 25.1 Å². The highest BCUT2D eigenvalue weighted by Gasteiger charge is 2.24. The van der Waals surface area contributed by atoms with Crippen LogP contribution in [0, 0.1) is 6.92 Å². The third-order valence-electron chi connectivity index (χ3n) is 5.22. The summed E-state index contributed by atoms with van der Waals surface area (Å²) in [6.07, 6.45) is 2.05. The molecule has 35 heavy (non-hydrogen) atoms. The lowest BCUT2D eigenvalue weighted by atomic mass is 10.0. The van der Waals surface area contributed by atoms with Gasteiger partial charge in [-0.15, -0.1) is 0 Å². The minimum absolute atomic E-state index is 0.413. The Kier molecular flexibility index (Phi) is 8.88. The molecule has 1 aromatic carbocycles. The molecule has 8 nitrogen and oxygen atoms in total. The molecule has 0 bridgehead atoms. The summed E-state index contributed by atoms with van der Waals surface area (Å²) in [5, 5.41) is 8.71. The number of halogens is 2. The van der Waals surface area contributed by atoms with Crippen molar-refractivity contribution in [2.24, 2.45) is 0 Å². The number of ether oxygens (including phenoxy) is 2. The van der Waals surface area contributed by atoms with Gasteiger partial charge in [0.15, 0.2) is 0 Å². The molecule has 1 unspecified atom stereocenters. The summed E-state index contributed by atoms with van der Waals surface area (Å²) in [5.41, 5.74) is 2.47. The molecular weight excluding hydrogens is 594 g/mol. The fourth-order valence-electron chi connectivity index (χ4n) is 3.57. The molecule has 0 saturated carbocycles. The van der Waals surface area contributed by atoms with E-state index in [-0.39, 0.29) is 0 Å². The van der Waals surface area contributed by atoms with Gasteiger partial charge < -0.3 is 19.8 Å². The fourth-order valence-corrected chi connectivity index (χ4v) is 4.91. The number of aromatic amines is 1. The smallest absolute Gasteiger partial charge is 0.408 e. The number of carbonyl (C=O) groups excluding carboxylic acids is 1. The second-order valence-electron chi connectivity index (χ2n) is 11.0. The van der Waals surface area contributed by atoms with Gasteiger partial charge in [-0.2, -0.15) is 5.10 Å². The van der Waals surface area contributed by atoms with Crippen LogP contribution in [0.3, 0.4) is 0 Å². The summed E-state index contributed by atoms with van der Waals surface area (Å²) in [7, 11) is -1.12. The molecule has 2 aromatic heterocycles. The maximum absolute atomic E-state index is 12.6. The second-order valence-corrected chi connectivity index (χ2v) is 18.2. The van der Waals surface area contributed by atoms with Crippen molar-refractivity contribution in [3.05, 3.63) is 44.5 Å². The largest absolute Gasteiger partial charge is 0.444 e. The lowest BCUT2D eigenvalue weighted by Gasteiger charge is -2.23. The van der Waals surface area contributed by atoms with Crippen molar-refractivity contribution in [2.75, 3.05) is 6.61 Å². The van der Waals surface area contributed by atoms with Crippen molar-refractivity contribution < 1.29 is 14.3 Å². The summed E-state index contributed by atoms with van der Waals surface area (Å²) in [5.74, 6) is 0.624. The first-order chi connectivity index (χ1) is 16.2. The van der Waals surface area contributed by atoms with Crippen LogP contribution in [-0.4, -0.2) is 46.1 Å². The molecule has 1 atom stereocenters. The summed E-state index contributed by atoms with van der Waals surface area (Å²) >= 11 is 6.85. The minimum Gasteiger partial charge on any atom is -0.444 e. The first-order valence-electron chi connectivity index (χ1n) is 11.6. The third kappa shape index (κ3) is 8.44. The average molecular weight is 629 g/mol. The highest BCUT2D eigenvalue weighted by Crippen LogP contribution is 2.27. The summed E-state index contributed by atoms with van der Waals surface area (Å²) in [4.78, 5) is 20.3. The van der Waals surface area contributed by atoms with Gasteiger partial charge in [0.1, 0.15) is 27.4 Å². The van der Waals surface area contributed by atoms with E-state index in [0.29, 0.717) is 28.2 Å². The topological polar surface area (TPSA) is 94.1 Å². The second kappa shape index (κ2) is 11.1. The highest BCUT2D eigenvalue weighted by molar-refractivity contribution is 9.13. The van der Waals surface area contributed by atoms with E-state index in [1.54, 1.807) is 0 Å². The van der Waals surface area contributed by atoms with Crippen molar-refractivity contribution in [3.63, 3.8) is 0 Å². The molecule has 0 fully saturated rings. The van der Waals surface area contributed by atoms with Gasteiger partial charge in [0.25, 0.3) is 0 Å². The molecule has 3 aromatic rings. The predicted molar refractivity (Wildman–Crippen MR) is 148 cm³/mol. The molecule has 3 rings (SSSR count). The van der Waals surface area contributed by atoms with Crippen LogP contribution in [0.2, 0.25) is 25.7 Å². The van der Waals surface area contributed by atoms with Gasteiger partial charge in [-0.1, -0.05) is 25.7 Å². The third-order valence-corrected chi connectivity index (χ3v) is 8.61. The van der Waals surface area contributed by atoms with E-state index in [9.17, 15) is 4.79 Å². The molecule has 0 radical (unpaired) electrons. The van der Waals surface area contributed by atoms with Gasteiger partial charge >= 0.3 is 6.09 Å². The number of fused-ring (bicyclic) bond motifs is 1. The van der Waals surface area contributed by atoms with E-state index in [1.165, 1.54) is 0 Å². The molecule has 1 amide bonds. The first kappa shape index (κ1) is 27.9. The van der Waals surface area contributed by atoms with Gasteiger partial charge in [0.05, 0.1) is 11.6 Å². The van der Waals surface area contributed by atoms with E-state index >= 15 is 0 Å². The maximum Gasteiger partial charge on any atom is 0.408 e. The number of hydrogen-bond acceptors (Lipinski definition) is 5. The van der Waals surface area contributed by atoms with Crippen molar-refractivity contribution in [1.29, 1.82) is 0 Å². The lowest BCUT2D eigenvalue weighted by molar-refractivity contribution is 0.0501. The standard InChI is InChI=1S/C24H35Br2N5O3Si/c1-15-10-16(11-17-13-31(30-19(15)17)14-33-8-9-35(5,6)7)12-18(22-28-20(25)21(26)29-22)27-23(32)34-24(2,3)4/h10-11,13,18H,8-9,12,14H2,1-7H3,(H,27,32)(H,28,29). The van der Waals surface area contributed by atoms with Crippen molar-refractivity contribution in [2.45, 2.75) is 78.2 Å². The van der Waals surface area contributed by atoms with Crippen LogP contribution in [0.5, 0.6) is 0 Å². The molecule has 0 spiro atoms. The number of benzene rings is 1. The van der Waals surface area contributed by atoms with E-state index in [0.717, 1.165) is 34.7 Å². The van der Waals surface area contributed by atoms with Crippen molar-refractivity contribution >= 4 is 56.9 Å². The van der Waals surface area contributed by atoms with Crippen LogP contribution in [0.1, 0.15) is 43.8 Å². The van der Waals surface area contributed by atoms with E-state index in [2.05, 4.69) is 78.9 Å². The van der Waals surface area contributed by atoms with Crippen molar-refractivity contribution in [3.8, 4) is 0 Å². The fraction of sp³-hybridized carbons (Fsp3) is 0.542. The SMILES string of the molecule is Cc1cc(CC(NC(=O)OC(C)(C)C)c2nc(Br)c(Br)[nH]2)cc2cn(COCC[Si](C)(C)C)nc12. The molecule has 0 aliphatic carbocycles. The summed E-state index contributed by atoms with van der Waals surface area (Å²) in [6, 6.07) is 4.92. The Labute approximate surface area is 224 Å². The Morgan fingerprint density at radius 3 is 2.57 bits per heavy atom. The van der Waals surface area contributed by atoms with Gasteiger partial charge in [0, 0.05) is 32.7 Å². The van der Waals surface area contributed by atoms with E-state index in [1.807, 2.05) is 38.6 Å². The lowest BCUT2D eigenvalue weighted by Crippen LogP contribution is -2.36. The zero-order valence-electron chi connectivity index (χ0n) is 21.5. The molecule has 11 heteroatoms. The first-order valence-corrected chi connectivity index (χ1v) is 16.9. The maximum atomic E-state index is 12.6. The number of carbonyl (C=O) groups is 1. The Balaban J connectivity index is 1.79. The number of alkyl carbamates (subject to hydrolysis) is 1. The quantitative estimate of drug-likeness (QED) is 0.203. The molecule has 2 heterocycles. The molecule has 0 saturated heterocycles. The highest BCUT2D eigenvalue weighted by atomic mass is 79.9. The summed E-state index contributed by atoms with van der Waals surface area (Å²) < 4.78 is 14.6. The Morgan fingerprint density at radius 2 is 1.97 bits per heavy atom. The van der Waals surface area contributed by atoms with Crippen LogP contribution in [0.25, 0.3) is 10.9 Å². The van der Waals surface area contributed by atoms with Gasteiger partial charge in [-0.05, 0) is 82.8 Å². The number of amides is 1. The number of hydrogen-bond donors (Lipinski definition) is 2. The number of rotatable bonds is 9.